The van der Waals surface area contributed by atoms with Crippen molar-refractivity contribution in [3.63, 3.8) is 0 Å². The number of halogens is 3. The monoisotopic (exact) mass is 371 g/mol. The predicted octanol–water partition coefficient (Wildman–Crippen LogP) is 5.40. The van der Waals surface area contributed by atoms with E-state index in [9.17, 15) is 18.0 Å². The summed E-state index contributed by atoms with van der Waals surface area (Å²) < 4.78 is 38.6. The molecule has 0 aliphatic rings. The third-order valence-corrected chi connectivity index (χ3v) is 3.78. The maximum Gasteiger partial charge on any atom is 0.416 e. The van der Waals surface area contributed by atoms with E-state index >= 15 is 0 Å². The van der Waals surface area contributed by atoms with E-state index in [0.717, 1.165) is 17.7 Å². The second-order valence-corrected chi connectivity index (χ2v) is 5.93. The van der Waals surface area contributed by atoms with Gasteiger partial charge in [0.2, 0.25) is 0 Å². The minimum absolute atomic E-state index is 0.168. The second kappa shape index (κ2) is 7.49. The van der Waals surface area contributed by atoms with E-state index in [-0.39, 0.29) is 17.1 Å². The molecule has 27 heavy (non-hydrogen) atoms. The van der Waals surface area contributed by atoms with E-state index in [2.05, 4.69) is 15.6 Å². The molecule has 4 nitrogen and oxygen atoms in total. The van der Waals surface area contributed by atoms with Crippen LogP contribution in [-0.4, -0.2) is 10.9 Å². The highest BCUT2D eigenvalue weighted by Gasteiger charge is 2.30. The first kappa shape index (κ1) is 18.4. The molecule has 0 spiro atoms. The van der Waals surface area contributed by atoms with Gasteiger partial charge in [0.05, 0.1) is 11.1 Å². The third-order valence-electron chi connectivity index (χ3n) is 3.78. The van der Waals surface area contributed by atoms with Gasteiger partial charge >= 0.3 is 6.18 Å². The topological polar surface area (TPSA) is 54.0 Å². The maximum absolute atomic E-state index is 12.9. The van der Waals surface area contributed by atoms with Gasteiger partial charge in [-0.1, -0.05) is 18.2 Å². The lowest BCUT2D eigenvalue weighted by Crippen LogP contribution is -2.15. The molecule has 0 aliphatic carbocycles. The molecule has 0 aliphatic heterocycles. The Morgan fingerprint density at radius 2 is 1.70 bits per heavy atom. The van der Waals surface area contributed by atoms with Gasteiger partial charge in [0, 0.05) is 17.6 Å². The summed E-state index contributed by atoms with van der Waals surface area (Å²) in [7, 11) is 0. The summed E-state index contributed by atoms with van der Waals surface area (Å²) in [4.78, 5) is 16.7. The first-order valence-corrected chi connectivity index (χ1v) is 8.10. The molecule has 1 aromatic heterocycles. The number of nitrogens with zero attached hydrogens (tertiary/aromatic N) is 1. The number of anilines is 3. The van der Waals surface area contributed by atoms with Crippen molar-refractivity contribution in [1.82, 2.24) is 4.98 Å². The fourth-order valence-corrected chi connectivity index (χ4v) is 2.52. The normalized spacial score (nSPS) is 11.1. The standard InChI is InChI=1S/C20H16F3N3O/c1-13-5-2-7-15(11-13)26-19(27)17-9-4-10-24-18(17)25-16-8-3-6-14(12-16)20(21,22)23/h2-12H,1H3,(H,24,25)(H,26,27). The van der Waals surface area contributed by atoms with E-state index < -0.39 is 17.6 Å². The van der Waals surface area contributed by atoms with Gasteiger partial charge in [-0.25, -0.2) is 4.98 Å². The number of aromatic nitrogens is 1. The number of aryl methyl sites for hydroxylation is 1. The number of carbonyl (C=O) groups excluding carboxylic acids is 1. The van der Waals surface area contributed by atoms with E-state index in [1.54, 1.807) is 18.2 Å². The molecule has 0 saturated carbocycles. The average molecular weight is 371 g/mol. The Bertz CT molecular complexity index is 970. The number of hydrogen-bond donors (Lipinski definition) is 2. The van der Waals surface area contributed by atoms with Gasteiger partial charge in [-0.3, -0.25) is 4.79 Å². The average Bonchev–Trinajstić information content (AvgIpc) is 2.62. The van der Waals surface area contributed by atoms with E-state index in [4.69, 9.17) is 0 Å². The summed E-state index contributed by atoms with van der Waals surface area (Å²) in [6.45, 7) is 1.90. The highest BCUT2D eigenvalue weighted by molar-refractivity contribution is 6.07. The summed E-state index contributed by atoms with van der Waals surface area (Å²) in [5.74, 6) is -0.245. The van der Waals surface area contributed by atoms with E-state index in [0.29, 0.717) is 5.69 Å². The van der Waals surface area contributed by atoms with Crippen LogP contribution in [0.1, 0.15) is 21.5 Å². The lowest BCUT2D eigenvalue weighted by molar-refractivity contribution is -0.137. The lowest BCUT2D eigenvalue weighted by atomic mass is 10.1. The van der Waals surface area contributed by atoms with Crippen LogP contribution in [0.25, 0.3) is 0 Å². The highest BCUT2D eigenvalue weighted by atomic mass is 19.4. The summed E-state index contributed by atoms with van der Waals surface area (Å²) in [5.41, 5.74) is 1.23. The zero-order valence-corrected chi connectivity index (χ0v) is 14.3. The molecule has 2 N–H and O–H groups in total. The molecule has 0 radical (unpaired) electrons. The molecule has 0 fully saturated rings. The van der Waals surface area contributed by atoms with Gasteiger partial charge in [0.1, 0.15) is 5.82 Å². The van der Waals surface area contributed by atoms with Crippen molar-refractivity contribution in [3.05, 3.63) is 83.6 Å². The van der Waals surface area contributed by atoms with Crippen LogP contribution in [0.5, 0.6) is 0 Å². The van der Waals surface area contributed by atoms with Crippen molar-refractivity contribution in [1.29, 1.82) is 0 Å². The van der Waals surface area contributed by atoms with Gasteiger partial charge in [0.25, 0.3) is 5.91 Å². The molecule has 1 amide bonds. The number of benzene rings is 2. The summed E-state index contributed by atoms with van der Waals surface area (Å²) >= 11 is 0. The molecule has 0 unspecified atom stereocenters. The van der Waals surface area contributed by atoms with Gasteiger partial charge in [0.15, 0.2) is 0 Å². The number of hydrogen-bond acceptors (Lipinski definition) is 3. The Labute approximate surface area is 154 Å². The molecule has 3 aromatic rings. The Kier molecular flexibility index (Phi) is 5.12. The third kappa shape index (κ3) is 4.63. The quantitative estimate of drug-likeness (QED) is 0.645. The zero-order chi connectivity index (χ0) is 19.4. The van der Waals surface area contributed by atoms with Crippen LogP contribution >= 0.6 is 0 Å². The maximum atomic E-state index is 12.9. The van der Waals surface area contributed by atoms with Crippen LogP contribution in [0.4, 0.5) is 30.4 Å². The molecule has 2 aromatic carbocycles. The fraction of sp³-hybridized carbons (Fsp3) is 0.100. The van der Waals surface area contributed by atoms with E-state index in [1.165, 1.54) is 18.3 Å². The summed E-state index contributed by atoms with van der Waals surface area (Å²) in [6.07, 6.45) is -2.99. The van der Waals surface area contributed by atoms with Gasteiger partial charge in [-0.15, -0.1) is 0 Å². The van der Waals surface area contributed by atoms with E-state index in [1.807, 2.05) is 25.1 Å². The van der Waals surface area contributed by atoms with Crippen LogP contribution in [0, 0.1) is 6.92 Å². The molecule has 0 saturated heterocycles. The van der Waals surface area contributed by atoms with Gasteiger partial charge in [-0.2, -0.15) is 13.2 Å². The van der Waals surface area contributed by atoms with Gasteiger partial charge in [-0.05, 0) is 55.0 Å². The number of alkyl halides is 3. The summed E-state index contributed by atoms with van der Waals surface area (Å²) in [5, 5.41) is 5.55. The SMILES string of the molecule is Cc1cccc(NC(=O)c2cccnc2Nc2cccc(C(F)(F)F)c2)c1. The minimum atomic E-state index is -4.45. The number of carbonyl (C=O) groups is 1. The first-order valence-electron chi connectivity index (χ1n) is 8.10. The zero-order valence-electron chi connectivity index (χ0n) is 14.3. The van der Waals surface area contributed by atoms with Crippen LogP contribution < -0.4 is 10.6 Å². The lowest BCUT2D eigenvalue weighted by Gasteiger charge is -2.13. The Morgan fingerprint density at radius 3 is 2.44 bits per heavy atom. The molecule has 0 bridgehead atoms. The molecule has 3 rings (SSSR count). The van der Waals surface area contributed by atoms with Crippen molar-refractivity contribution >= 4 is 23.1 Å². The number of pyridine rings is 1. The Hall–Kier alpha value is -3.35. The van der Waals surface area contributed by atoms with Crippen molar-refractivity contribution in [2.45, 2.75) is 13.1 Å². The van der Waals surface area contributed by atoms with Crippen LogP contribution in [0.2, 0.25) is 0 Å². The highest BCUT2D eigenvalue weighted by Crippen LogP contribution is 2.31. The molecule has 1 heterocycles. The van der Waals surface area contributed by atoms with Crippen molar-refractivity contribution < 1.29 is 18.0 Å². The molecular formula is C20H16F3N3O. The van der Waals surface area contributed by atoms with Crippen molar-refractivity contribution in [3.8, 4) is 0 Å². The Morgan fingerprint density at radius 1 is 0.963 bits per heavy atom. The smallest absolute Gasteiger partial charge is 0.340 e. The molecule has 7 heteroatoms. The molecule has 0 atom stereocenters. The molecular weight excluding hydrogens is 355 g/mol. The van der Waals surface area contributed by atoms with Crippen LogP contribution in [0.15, 0.2) is 66.9 Å². The Balaban J connectivity index is 1.85. The number of amides is 1. The van der Waals surface area contributed by atoms with Crippen molar-refractivity contribution in [2.75, 3.05) is 10.6 Å². The predicted molar refractivity (Wildman–Crippen MR) is 98.1 cm³/mol. The molecule has 138 valence electrons. The second-order valence-electron chi connectivity index (χ2n) is 5.93. The summed E-state index contributed by atoms with van der Waals surface area (Å²) in [6, 6.07) is 15.1. The number of rotatable bonds is 4. The van der Waals surface area contributed by atoms with Crippen molar-refractivity contribution in [2.24, 2.45) is 0 Å². The van der Waals surface area contributed by atoms with Crippen LogP contribution in [0.3, 0.4) is 0 Å². The number of nitrogens with one attached hydrogen (secondary N) is 2. The largest absolute Gasteiger partial charge is 0.416 e. The van der Waals surface area contributed by atoms with Gasteiger partial charge < -0.3 is 10.6 Å². The van der Waals surface area contributed by atoms with Crippen LogP contribution in [-0.2, 0) is 6.18 Å². The first-order chi connectivity index (χ1) is 12.8. The minimum Gasteiger partial charge on any atom is -0.340 e. The fourth-order valence-electron chi connectivity index (χ4n) is 2.52.